The van der Waals surface area contributed by atoms with E-state index in [2.05, 4.69) is 26.1 Å². The normalized spacial score (nSPS) is 13.8. The van der Waals surface area contributed by atoms with E-state index >= 15 is 0 Å². The van der Waals surface area contributed by atoms with Crippen molar-refractivity contribution < 1.29 is 4.79 Å². The lowest BCUT2D eigenvalue weighted by molar-refractivity contribution is -0.117. The van der Waals surface area contributed by atoms with Crippen molar-refractivity contribution in [1.82, 2.24) is 0 Å². The first kappa shape index (κ1) is 15.5. The number of carbonyl (C=O) groups excluding carboxylic acids is 1. The van der Waals surface area contributed by atoms with Crippen molar-refractivity contribution in [3.8, 4) is 0 Å². The number of rotatable bonds is 8. The summed E-state index contributed by atoms with van der Waals surface area (Å²) in [6.45, 7) is 6.69. The summed E-state index contributed by atoms with van der Waals surface area (Å²) in [6, 6.07) is 8.37. The van der Waals surface area contributed by atoms with Crippen LogP contribution in [-0.2, 0) is 11.2 Å². The van der Waals surface area contributed by atoms with Crippen LogP contribution in [0, 0.1) is 5.92 Å². The minimum absolute atomic E-state index is 0.288. The van der Waals surface area contributed by atoms with Crippen LogP contribution in [0.2, 0.25) is 0 Å². The molecule has 0 aliphatic rings. The molecule has 106 valence electrons. The fourth-order valence-electron chi connectivity index (χ4n) is 2.20. The molecule has 3 nitrogen and oxygen atoms in total. The molecule has 0 saturated carbocycles. The molecule has 2 atom stereocenters. The van der Waals surface area contributed by atoms with E-state index in [-0.39, 0.29) is 5.91 Å². The van der Waals surface area contributed by atoms with Crippen LogP contribution in [0.15, 0.2) is 24.3 Å². The Morgan fingerprint density at radius 1 is 1.26 bits per heavy atom. The van der Waals surface area contributed by atoms with Gasteiger partial charge in [0.05, 0.1) is 6.42 Å². The fraction of sp³-hybridized carbons (Fsp3) is 0.562. The Bertz CT molecular complexity index is 403. The molecule has 0 saturated heterocycles. The lowest BCUT2D eigenvalue weighted by Gasteiger charge is -2.23. The number of nitrogens with two attached hydrogens (primary N) is 1. The number of carbonyl (C=O) groups is 1. The van der Waals surface area contributed by atoms with Crippen molar-refractivity contribution >= 4 is 11.6 Å². The van der Waals surface area contributed by atoms with Crippen LogP contribution in [0.5, 0.6) is 0 Å². The van der Waals surface area contributed by atoms with Gasteiger partial charge in [0, 0.05) is 11.7 Å². The van der Waals surface area contributed by atoms with Crippen LogP contribution in [0.1, 0.15) is 45.6 Å². The largest absolute Gasteiger partial charge is 0.382 e. The highest BCUT2D eigenvalue weighted by atomic mass is 16.1. The van der Waals surface area contributed by atoms with Gasteiger partial charge in [0.1, 0.15) is 0 Å². The number of hydrogen-bond acceptors (Lipinski definition) is 2. The van der Waals surface area contributed by atoms with Crippen molar-refractivity contribution in [3.05, 3.63) is 29.8 Å². The van der Waals surface area contributed by atoms with E-state index in [0.29, 0.717) is 18.4 Å². The molecular weight excluding hydrogens is 236 g/mol. The van der Waals surface area contributed by atoms with E-state index in [4.69, 9.17) is 5.73 Å². The lowest BCUT2D eigenvalue weighted by atomic mass is 9.97. The van der Waals surface area contributed by atoms with E-state index in [1.165, 1.54) is 6.42 Å². The molecule has 0 fully saturated rings. The van der Waals surface area contributed by atoms with Crippen LogP contribution in [0.3, 0.4) is 0 Å². The highest BCUT2D eigenvalue weighted by Gasteiger charge is 2.12. The van der Waals surface area contributed by atoms with Crippen LogP contribution in [0.4, 0.5) is 5.69 Å². The zero-order valence-corrected chi connectivity index (χ0v) is 12.3. The SMILES string of the molecule is CCC(C)CC(CC)Nc1ccccc1CC(N)=O. The van der Waals surface area contributed by atoms with Crippen LogP contribution >= 0.6 is 0 Å². The second kappa shape index (κ2) is 7.82. The number of nitrogens with one attached hydrogen (secondary N) is 1. The Balaban J connectivity index is 2.76. The number of hydrogen-bond donors (Lipinski definition) is 2. The minimum Gasteiger partial charge on any atom is -0.382 e. The molecule has 1 rings (SSSR count). The zero-order valence-electron chi connectivity index (χ0n) is 12.3. The van der Waals surface area contributed by atoms with Gasteiger partial charge >= 0.3 is 0 Å². The molecule has 1 amide bonds. The van der Waals surface area contributed by atoms with E-state index in [1.54, 1.807) is 0 Å². The summed E-state index contributed by atoms with van der Waals surface area (Å²) in [5, 5.41) is 3.56. The number of amides is 1. The molecule has 0 radical (unpaired) electrons. The maximum atomic E-state index is 11.1. The standard InChI is InChI=1S/C16H26N2O/c1-4-12(3)10-14(5-2)18-15-9-7-6-8-13(15)11-16(17)19/h6-9,12,14,18H,4-5,10-11H2,1-3H3,(H2,17,19). The van der Waals surface area contributed by atoms with Crippen molar-refractivity contribution in [1.29, 1.82) is 0 Å². The van der Waals surface area contributed by atoms with Gasteiger partial charge in [-0.2, -0.15) is 0 Å². The number of primary amides is 1. The molecule has 0 aliphatic heterocycles. The van der Waals surface area contributed by atoms with Crippen molar-refractivity contribution in [3.63, 3.8) is 0 Å². The molecule has 1 aromatic carbocycles. The van der Waals surface area contributed by atoms with Crippen LogP contribution in [-0.4, -0.2) is 11.9 Å². The maximum Gasteiger partial charge on any atom is 0.221 e. The molecule has 3 heteroatoms. The maximum absolute atomic E-state index is 11.1. The van der Waals surface area contributed by atoms with Gasteiger partial charge in [0.15, 0.2) is 0 Å². The molecule has 0 bridgehead atoms. The Hall–Kier alpha value is -1.51. The third-order valence-corrected chi connectivity index (χ3v) is 3.62. The monoisotopic (exact) mass is 262 g/mol. The first-order valence-corrected chi connectivity index (χ1v) is 7.19. The topological polar surface area (TPSA) is 55.1 Å². The van der Waals surface area contributed by atoms with E-state index in [0.717, 1.165) is 24.1 Å². The molecule has 2 unspecified atom stereocenters. The average Bonchev–Trinajstić information content (AvgIpc) is 2.39. The predicted octanol–water partition coefficient (Wildman–Crippen LogP) is 3.34. The van der Waals surface area contributed by atoms with E-state index < -0.39 is 0 Å². The quantitative estimate of drug-likeness (QED) is 0.755. The summed E-state index contributed by atoms with van der Waals surface area (Å²) >= 11 is 0. The lowest BCUT2D eigenvalue weighted by Crippen LogP contribution is -2.23. The number of benzene rings is 1. The van der Waals surface area contributed by atoms with Crippen LogP contribution in [0.25, 0.3) is 0 Å². The second-order valence-corrected chi connectivity index (χ2v) is 5.30. The Labute approximate surface area is 116 Å². The molecular formula is C16H26N2O. The molecule has 1 aromatic rings. The van der Waals surface area contributed by atoms with Gasteiger partial charge in [-0.05, 0) is 30.4 Å². The first-order valence-electron chi connectivity index (χ1n) is 7.19. The van der Waals surface area contributed by atoms with Crippen LogP contribution < -0.4 is 11.1 Å². The summed E-state index contributed by atoms with van der Waals surface area (Å²) in [7, 11) is 0. The summed E-state index contributed by atoms with van der Waals surface area (Å²) < 4.78 is 0. The van der Waals surface area contributed by atoms with E-state index in [9.17, 15) is 4.79 Å². The molecule has 0 heterocycles. The predicted molar refractivity (Wildman–Crippen MR) is 81.1 cm³/mol. The third kappa shape index (κ3) is 5.33. The van der Waals surface area contributed by atoms with Crippen molar-refractivity contribution in [2.24, 2.45) is 11.7 Å². The minimum atomic E-state index is -0.288. The van der Waals surface area contributed by atoms with Gasteiger partial charge in [-0.15, -0.1) is 0 Å². The van der Waals surface area contributed by atoms with Gasteiger partial charge < -0.3 is 11.1 Å². The Kier molecular flexibility index (Phi) is 6.40. The number of para-hydroxylation sites is 1. The fourth-order valence-corrected chi connectivity index (χ4v) is 2.20. The van der Waals surface area contributed by atoms with Crippen molar-refractivity contribution in [2.75, 3.05) is 5.32 Å². The van der Waals surface area contributed by atoms with Gasteiger partial charge in [0.25, 0.3) is 0 Å². The molecule has 3 N–H and O–H groups in total. The Morgan fingerprint density at radius 2 is 1.95 bits per heavy atom. The highest BCUT2D eigenvalue weighted by Crippen LogP contribution is 2.21. The second-order valence-electron chi connectivity index (χ2n) is 5.30. The van der Waals surface area contributed by atoms with Crippen molar-refractivity contribution in [2.45, 2.75) is 52.5 Å². The molecule has 0 aromatic heterocycles. The average molecular weight is 262 g/mol. The molecule has 19 heavy (non-hydrogen) atoms. The Morgan fingerprint density at radius 3 is 2.53 bits per heavy atom. The molecule has 0 aliphatic carbocycles. The molecule has 0 spiro atoms. The van der Waals surface area contributed by atoms with Gasteiger partial charge in [-0.1, -0.05) is 45.4 Å². The van der Waals surface area contributed by atoms with E-state index in [1.807, 2.05) is 24.3 Å². The summed E-state index contributed by atoms with van der Waals surface area (Å²) in [6.07, 6.45) is 3.72. The number of anilines is 1. The summed E-state index contributed by atoms with van der Waals surface area (Å²) in [5.74, 6) is 0.421. The summed E-state index contributed by atoms with van der Waals surface area (Å²) in [4.78, 5) is 11.1. The third-order valence-electron chi connectivity index (χ3n) is 3.62. The van der Waals surface area contributed by atoms with Gasteiger partial charge in [0.2, 0.25) is 5.91 Å². The van der Waals surface area contributed by atoms with Gasteiger partial charge in [-0.25, -0.2) is 0 Å². The first-order chi connectivity index (χ1) is 9.06. The highest BCUT2D eigenvalue weighted by molar-refractivity contribution is 5.78. The summed E-state index contributed by atoms with van der Waals surface area (Å²) in [5.41, 5.74) is 7.31. The smallest absolute Gasteiger partial charge is 0.221 e. The van der Waals surface area contributed by atoms with Gasteiger partial charge in [-0.3, -0.25) is 4.79 Å². The zero-order chi connectivity index (χ0) is 14.3.